The molecule has 0 bridgehead atoms. The molecule has 0 aliphatic carbocycles. The molecule has 0 fully saturated rings. The molecule has 1 aliphatic rings. The first-order valence-electron chi connectivity index (χ1n) is 15.2. The van der Waals surface area contributed by atoms with E-state index >= 15 is 0 Å². The molecular formula is C40H32Br2Cl2N2O2. The minimum absolute atomic E-state index is 0.230. The highest BCUT2D eigenvalue weighted by Gasteiger charge is 2.48. The van der Waals surface area contributed by atoms with E-state index in [1.165, 1.54) is 0 Å². The number of nitrogens with zero attached hydrogens (tertiary/aromatic N) is 2. The summed E-state index contributed by atoms with van der Waals surface area (Å²) in [6.07, 6.45) is 4.05. The Hall–Kier alpha value is -3.81. The van der Waals surface area contributed by atoms with Gasteiger partial charge in [-0.2, -0.15) is 0 Å². The van der Waals surface area contributed by atoms with Gasteiger partial charge in [0.05, 0.1) is 20.1 Å². The quantitative estimate of drug-likeness (QED) is 0.0889. The van der Waals surface area contributed by atoms with Crippen LogP contribution in [-0.2, 0) is 10.3 Å². The van der Waals surface area contributed by atoms with Crippen molar-refractivity contribution in [3.05, 3.63) is 174 Å². The van der Waals surface area contributed by atoms with Crippen LogP contribution in [0.3, 0.4) is 0 Å². The lowest BCUT2D eigenvalue weighted by atomic mass is 9.83. The number of hydrogen-bond acceptors (Lipinski definition) is 4. The molecule has 8 heteroatoms. The monoisotopic (exact) mass is 800 g/mol. The molecular weight excluding hydrogens is 771 g/mol. The van der Waals surface area contributed by atoms with E-state index in [1.54, 1.807) is 0 Å². The Balaban J connectivity index is 1.73. The molecule has 0 N–H and O–H groups in total. The summed E-state index contributed by atoms with van der Waals surface area (Å²) >= 11 is 20.8. The highest BCUT2D eigenvalue weighted by molar-refractivity contribution is 9.11. The Kier molecular flexibility index (Phi) is 9.91. The highest BCUT2D eigenvalue weighted by Crippen LogP contribution is 2.53. The Bertz CT molecular complexity index is 1940. The fraction of sp³-hybridized carbons (Fsp3) is 0.125. The van der Waals surface area contributed by atoms with Crippen LogP contribution in [0.4, 0.5) is 11.4 Å². The van der Waals surface area contributed by atoms with Gasteiger partial charge in [-0.05, 0) is 102 Å². The minimum Gasteiger partial charge on any atom is -0.442 e. The zero-order valence-corrected chi connectivity index (χ0v) is 31.5. The molecule has 5 aromatic carbocycles. The summed E-state index contributed by atoms with van der Waals surface area (Å²) in [5.41, 5.74) is 7.17. The van der Waals surface area contributed by atoms with Gasteiger partial charge in [-0.15, -0.1) is 0 Å². The number of benzene rings is 5. The van der Waals surface area contributed by atoms with Crippen LogP contribution in [0.1, 0.15) is 38.2 Å². The second-order valence-electron chi connectivity index (χ2n) is 11.9. The number of rotatable bonds is 8. The molecule has 1 heterocycles. The zero-order chi connectivity index (χ0) is 34.2. The molecule has 4 nitrogen and oxygen atoms in total. The lowest BCUT2D eigenvalue weighted by Gasteiger charge is -2.27. The molecule has 242 valence electrons. The molecule has 1 aliphatic heterocycles. The lowest BCUT2D eigenvalue weighted by Crippen LogP contribution is -2.23. The van der Waals surface area contributed by atoms with E-state index in [-0.39, 0.29) is 10.0 Å². The zero-order valence-electron chi connectivity index (χ0n) is 26.8. The molecule has 0 atom stereocenters. The van der Waals surface area contributed by atoms with E-state index in [1.807, 2.05) is 76.7 Å². The fourth-order valence-corrected chi connectivity index (χ4v) is 7.77. The Morgan fingerprint density at radius 1 is 0.604 bits per heavy atom. The molecule has 6 rings (SSSR count). The molecule has 0 saturated carbocycles. The lowest BCUT2D eigenvalue weighted by molar-refractivity contribution is 0.0298. The second-order valence-corrected chi connectivity index (χ2v) is 14.3. The predicted octanol–water partition coefficient (Wildman–Crippen LogP) is 11.3. The van der Waals surface area contributed by atoms with Gasteiger partial charge in [-0.3, -0.25) is 0 Å². The maximum atomic E-state index is 14.0. The summed E-state index contributed by atoms with van der Waals surface area (Å²) in [6, 6.07) is 36.8. The predicted molar refractivity (Wildman–Crippen MR) is 208 cm³/mol. The topological polar surface area (TPSA) is 32.8 Å². The van der Waals surface area contributed by atoms with Crippen LogP contribution in [0, 0.1) is 0 Å². The van der Waals surface area contributed by atoms with Crippen molar-refractivity contribution < 1.29 is 9.53 Å². The third kappa shape index (κ3) is 6.47. The summed E-state index contributed by atoms with van der Waals surface area (Å²) in [4.78, 5) is 18.1. The number of hydrogen-bond donors (Lipinski definition) is 0. The van der Waals surface area contributed by atoms with Crippen molar-refractivity contribution in [1.82, 2.24) is 0 Å². The smallest absolute Gasteiger partial charge is 0.341 e. The number of esters is 1. The Morgan fingerprint density at radius 2 is 0.979 bits per heavy atom. The maximum absolute atomic E-state index is 14.0. The minimum atomic E-state index is -1.42. The van der Waals surface area contributed by atoms with Gasteiger partial charge in [0.15, 0.2) is 5.60 Å². The van der Waals surface area contributed by atoms with Gasteiger partial charge in [0, 0.05) is 49.6 Å². The van der Waals surface area contributed by atoms with Crippen molar-refractivity contribution in [2.45, 2.75) is 5.60 Å². The van der Waals surface area contributed by atoms with Crippen molar-refractivity contribution in [2.24, 2.45) is 0 Å². The largest absolute Gasteiger partial charge is 0.442 e. The SMILES string of the molecule is CN(C)c1ccc(/C(=C/C2(/C=C(\c3ccccc3)c3ccc(N(C)C)cc3)OC(=O)c3c(Br)c(Cl)c(Cl)c(Br)c32)c2ccccc2)cc1. The van der Waals surface area contributed by atoms with Crippen LogP contribution in [0.15, 0.2) is 130 Å². The van der Waals surface area contributed by atoms with E-state index in [9.17, 15) is 4.79 Å². The molecule has 48 heavy (non-hydrogen) atoms. The van der Waals surface area contributed by atoms with Gasteiger partial charge in [-0.25, -0.2) is 4.79 Å². The van der Waals surface area contributed by atoms with Crippen LogP contribution in [0.25, 0.3) is 11.1 Å². The third-order valence-corrected chi connectivity index (χ3v) is 11.3. The van der Waals surface area contributed by atoms with Gasteiger partial charge in [-0.1, -0.05) is 108 Å². The van der Waals surface area contributed by atoms with Crippen molar-refractivity contribution in [1.29, 1.82) is 0 Å². The van der Waals surface area contributed by atoms with Gasteiger partial charge in [0.2, 0.25) is 0 Å². The van der Waals surface area contributed by atoms with Crippen molar-refractivity contribution in [3.8, 4) is 0 Å². The summed E-state index contributed by atoms with van der Waals surface area (Å²) in [5.74, 6) is -0.519. The van der Waals surface area contributed by atoms with Crippen LogP contribution in [0.5, 0.6) is 0 Å². The number of carbonyl (C=O) groups is 1. The van der Waals surface area contributed by atoms with E-state index in [2.05, 4.69) is 114 Å². The second kappa shape index (κ2) is 14.0. The summed E-state index contributed by atoms with van der Waals surface area (Å²) in [5, 5.41) is 0.507. The van der Waals surface area contributed by atoms with Crippen molar-refractivity contribution in [3.63, 3.8) is 0 Å². The number of halogens is 4. The third-order valence-electron chi connectivity index (χ3n) is 8.40. The first-order valence-corrected chi connectivity index (χ1v) is 17.6. The average Bonchev–Trinajstić information content (AvgIpc) is 3.39. The number of cyclic esters (lactones) is 1. The maximum Gasteiger partial charge on any atom is 0.341 e. The van der Waals surface area contributed by atoms with E-state index < -0.39 is 11.6 Å². The molecule has 5 aromatic rings. The number of anilines is 2. The van der Waals surface area contributed by atoms with Crippen molar-refractivity contribution >= 4 is 83.6 Å². The number of ether oxygens (including phenoxy) is 1. The van der Waals surface area contributed by atoms with E-state index in [4.69, 9.17) is 27.9 Å². The highest BCUT2D eigenvalue weighted by atomic mass is 79.9. The standard InChI is InChI=1S/C40H32Br2Cl2N2O2/c1-45(2)29-19-15-27(16-20-29)31(25-11-7-5-8-12-25)23-40(34-33(39(47)48-40)35(41)37(43)38(44)36(34)42)24-32(26-13-9-6-10-14-26)28-17-21-30(22-18-28)46(3)4/h5-24H,1-4H3/b31-23+,32-24+. The first-order chi connectivity index (χ1) is 23.0. The van der Waals surface area contributed by atoms with Gasteiger partial charge >= 0.3 is 5.97 Å². The number of fused-ring (bicyclic) bond motifs is 1. The van der Waals surface area contributed by atoms with Gasteiger partial charge in [0.25, 0.3) is 0 Å². The molecule has 0 spiro atoms. The number of carbonyl (C=O) groups excluding carboxylic acids is 1. The van der Waals surface area contributed by atoms with Crippen LogP contribution < -0.4 is 9.80 Å². The Labute approximate surface area is 308 Å². The fourth-order valence-electron chi connectivity index (χ4n) is 5.90. The molecule has 0 amide bonds. The van der Waals surface area contributed by atoms with Gasteiger partial charge < -0.3 is 14.5 Å². The normalized spacial score (nSPS) is 16.0. The molecule has 0 aromatic heterocycles. The first kappa shape index (κ1) is 34.1. The van der Waals surface area contributed by atoms with Gasteiger partial charge in [0.1, 0.15) is 0 Å². The molecule has 0 unspecified atom stereocenters. The molecule has 0 saturated heterocycles. The van der Waals surface area contributed by atoms with E-state index in [0.29, 0.717) is 20.1 Å². The average molecular weight is 803 g/mol. The van der Waals surface area contributed by atoms with Crippen LogP contribution >= 0.6 is 55.1 Å². The summed E-state index contributed by atoms with van der Waals surface area (Å²) < 4.78 is 7.44. The summed E-state index contributed by atoms with van der Waals surface area (Å²) in [6.45, 7) is 0. The van der Waals surface area contributed by atoms with Crippen LogP contribution in [-0.4, -0.2) is 34.2 Å². The summed E-state index contributed by atoms with van der Waals surface area (Å²) in [7, 11) is 8.05. The molecule has 0 radical (unpaired) electrons. The van der Waals surface area contributed by atoms with E-state index in [0.717, 1.165) is 44.8 Å². The van der Waals surface area contributed by atoms with Crippen LogP contribution in [0.2, 0.25) is 10.0 Å². The van der Waals surface area contributed by atoms with Crippen molar-refractivity contribution in [2.75, 3.05) is 38.0 Å². The Morgan fingerprint density at radius 3 is 1.38 bits per heavy atom.